The summed E-state index contributed by atoms with van der Waals surface area (Å²) in [4.78, 5) is 12.2. The second kappa shape index (κ2) is 4.29. The molecule has 2 aromatic rings. The Morgan fingerprint density at radius 1 is 1.50 bits per heavy atom. The van der Waals surface area contributed by atoms with Crippen LogP contribution in [0.2, 0.25) is 0 Å². The van der Waals surface area contributed by atoms with E-state index < -0.39 is 0 Å². The summed E-state index contributed by atoms with van der Waals surface area (Å²) in [6.45, 7) is 6.56. The zero-order valence-electron chi connectivity index (χ0n) is 10.5. The van der Waals surface area contributed by atoms with Crippen molar-refractivity contribution in [2.24, 2.45) is 0 Å². The standard InChI is InChI=1S/C12H16N4S2/c1-6(2)16-4-3-7-8(5-16)18-11-9(7)10(13)14-12(17)15-11/h6H,3-5H2,1-2H3,(H3,13,14,15,17). The number of aromatic amines is 1. The van der Waals surface area contributed by atoms with E-state index in [9.17, 15) is 0 Å². The first-order valence-electron chi connectivity index (χ1n) is 6.10. The number of hydrogen-bond acceptors (Lipinski definition) is 5. The van der Waals surface area contributed by atoms with Crippen LogP contribution in [0.3, 0.4) is 0 Å². The molecule has 3 heterocycles. The summed E-state index contributed by atoms with van der Waals surface area (Å²) in [5.41, 5.74) is 7.41. The zero-order valence-corrected chi connectivity index (χ0v) is 12.1. The molecule has 3 N–H and O–H groups in total. The number of nitrogens with one attached hydrogen (secondary N) is 1. The molecule has 0 saturated carbocycles. The number of nitrogens with two attached hydrogens (primary N) is 1. The maximum absolute atomic E-state index is 6.05. The largest absolute Gasteiger partial charge is 0.385 e. The fourth-order valence-electron chi connectivity index (χ4n) is 2.50. The van der Waals surface area contributed by atoms with Gasteiger partial charge in [-0.25, -0.2) is 4.98 Å². The van der Waals surface area contributed by atoms with Crippen molar-refractivity contribution in [2.75, 3.05) is 12.3 Å². The number of rotatable bonds is 1. The Morgan fingerprint density at radius 2 is 2.28 bits per heavy atom. The predicted molar refractivity (Wildman–Crippen MR) is 78.5 cm³/mol. The summed E-state index contributed by atoms with van der Waals surface area (Å²) in [5, 5.41) is 1.09. The molecule has 18 heavy (non-hydrogen) atoms. The van der Waals surface area contributed by atoms with Crippen LogP contribution in [0.25, 0.3) is 10.2 Å². The number of nitrogens with zero attached hydrogens (tertiary/aromatic N) is 2. The van der Waals surface area contributed by atoms with Gasteiger partial charge < -0.3 is 10.7 Å². The molecule has 3 rings (SSSR count). The van der Waals surface area contributed by atoms with Crippen molar-refractivity contribution in [3.8, 4) is 0 Å². The van der Waals surface area contributed by atoms with Gasteiger partial charge in [0.05, 0.1) is 5.39 Å². The normalized spacial score (nSPS) is 16.4. The van der Waals surface area contributed by atoms with E-state index in [0.717, 1.165) is 29.7 Å². The topological polar surface area (TPSA) is 57.9 Å². The maximum atomic E-state index is 6.05. The van der Waals surface area contributed by atoms with E-state index >= 15 is 0 Å². The van der Waals surface area contributed by atoms with Crippen molar-refractivity contribution < 1.29 is 0 Å². The summed E-state index contributed by atoms with van der Waals surface area (Å²) >= 11 is 6.81. The number of H-pyrrole nitrogens is 1. The minimum atomic E-state index is 0.472. The van der Waals surface area contributed by atoms with Gasteiger partial charge in [0.1, 0.15) is 10.6 Å². The van der Waals surface area contributed by atoms with E-state index in [1.54, 1.807) is 11.3 Å². The van der Waals surface area contributed by atoms with Gasteiger partial charge in [0, 0.05) is 24.0 Å². The highest BCUT2D eigenvalue weighted by molar-refractivity contribution is 7.71. The van der Waals surface area contributed by atoms with Crippen LogP contribution in [0.5, 0.6) is 0 Å². The number of nitrogen functional groups attached to an aromatic ring is 1. The van der Waals surface area contributed by atoms with Gasteiger partial charge >= 0.3 is 0 Å². The molecule has 0 bridgehead atoms. The van der Waals surface area contributed by atoms with Crippen molar-refractivity contribution in [1.82, 2.24) is 14.9 Å². The lowest BCUT2D eigenvalue weighted by Crippen LogP contribution is -2.35. The maximum Gasteiger partial charge on any atom is 0.199 e. The third-order valence-corrected chi connectivity index (χ3v) is 4.82. The smallest absolute Gasteiger partial charge is 0.199 e. The predicted octanol–water partition coefficient (Wildman–Crippen LogP) is 2.70. The number of fused-ring (bicyclic) bond motifs is 3. The molecule has 2 aromatic heterocycles. The molecule has 0 spiro atoms. The van der Waals surface area contributed by atoms with Gasteiger partial charge in [-0.1, -0.05) is 0 Å². The summed E-state index contributed by atoms with van der Waals surface area (Å²) < 4.78 is 0.472. The molecule has 1 aliphatic heterocycles. The van der Waals surface area contributed by atoms with Crippen LogP contribution in [0.1, 0.15) is 24.3 Å². The average Bonchev–Trinajstić information content (AvgIpc) is 2.65. The summed E-state index contributed by atoms with van der Waals surface area (Å²) in [6.07, 6.45) is 1.05. The highest BCUT2D eigenvalue weighted by Gasteiger charge is 2.24. The molecular weight excluding hydrogens is 264 g/mol. The fraction of sp³-hybridized carbons (Fsp3) is 0.500. The highest BCUT2D eigenvalue weighted by Crippen LogP contribution is 2.36. The SMILES string of the molecule is CC(C)N1CCc2c(sc3nc(=S)[nH]c(N)c23)C1. The van der Waals surface area contributed by atoms with Crippen molar-refractivity contribution >= 4 is 39.6 Å². The third kappa shape index (κ3) is 1.84. The van der Waals surface area contributed by atoms with Gasteiger partial charge in [-0.05, 0) is 38.0 Å². The van der Waals surface area contributed by atoms with Gasteiger partial charge in [-0.15, -0.1) is 11.3 Å². The Labute approximate surface area is 115 Å². The lowest BCUT2D eigenvalue weighted by molar-refractivity contribution is 0.206. The molecule has 0 aromatic carbocycles. The Kier molecular flexibility index (Phi) is 2.88. The molecule has 0 aliphatic carbocycles. The molecular formula is C12H16N4S2. The van der Waals surface area contributed by atoms with Crippen LogP contribution in [-0.4, -0.2) is 27.5 Å². The molecule has 1 aliphatic rings. The number of aromatic nitrogens is 2. The van der Waals surface area contributed by atoms with Crippen LogP contribution >= 0.6 is 23.6 Å². The van der Waals surface area contributed by atoms with Crippen LogP contribution in [-0.2, 0) is 13.0 Å². The zero-order chi connectivity index (χ0) is 12.9. The molecule has 4 nitrogen and oxygen atoms in total. The molecule has 96 valence electrons. The molecule has 0 saturated heterocycles. The van der Waals surface area contributed by atoms with Crippen LogP contribution in [0.15, 0.2) is 0 Å². The Balaban J connectivity index is 2.16. The molecule has 0 atom stereocenters. The lowest BCUT2D eigenvalue weighted by Gasteiger charge is -2.30. The second-order valence-corrected chi connectivity index (χ2v) is 6.42. The first-order chi connectivity index (χ1) is 8.56. The van der Waals surface area contributed by atoms with Gasteiger partial charge in [0.2, 0.25) is 0 Å². The third-order valence-electron chi connectivity index (χ3n) is 3.51. The summed E-state index contributed by atoms with van der Waals surface area (Å²) in [5.74, 6) is 0.667. The summed E-state index contributed by atoms with van der Waals surface area (Å²) in [7, 11) is 0. The quantitative estimate of drug-likeness (QED) is 0.789. The van der Waals surface area contributed by atoms with E-state index in [-0.39, 0.29) is 0 Å². The lowest BCUT2D eigenvalue weighted by atomic mass is 10.0. The second-order valence-electron chi connectivity index (χ2n) is 4.95. The van der Waals surface area contributed by atoms with Crippen molar-refractivity contribution in [2.45, 2.75) is 32.9 Å². The van der Waals surface area contributed by atoms with E-state index in [2.05, 4.69) is 28.7 Å². The monoisotopic (exact) mass is 280 g/mol. The molecule has 0 fully saturated rings. The van der Waals surface area contributed by atoms with E-state index in [0.29, 0.717) is 16.6 Å². The highest BCUT2D eigenvalue weighted by atomic mass is 32.1. The Morgan fingerprint density at radius 3 is 3.00 bits per heavy atom. The molecule has 6 heteroatoms. The molecule has 0 amide bonds. The van der Waals surface area contributed by atoms with E-state index in [4.69, 9.17) is 18.0 Å². The fourth-order valence-corrected chi connectivity index (χ4v) is 4.03. The summed E-state index contributed by atoms with van der Waals surface area (Å²) in [6, 6.07) is 0.578. The van der Waals surface area contributed by atoms with Gasteiger partial charge in [0.25, 0.3) is 0 Å². The average molecular weight is 280 g/mol. The first-order valence-corrected chi connectivity index (χ1v) is 7.33. The van der Waals surface area contributed by atoms with E-state index in [1.807, 2.05) is 0 Å². The van der Waals surface area contributed by atoms with Gasteiger partial charge in [0.15, 0.2) is 4.77 Å². The molecule has 0 radical (unpaired) electrons. The number of anilines is 1. The number of thiophene rings is 1. The molecule has 0 unspecified atom stereocenters. The number of hydrogen-bond donors (Lipinski definition) is 2. The Hall–Kier alpha value is -0.980. The van der Waals surface area contributed by atoms with Crippen LogP contribution in [0.4, 0.5) is 5.82 Å². The van der Waals surface area contributed by atoms with Crippen LogP contribution in [0, 0.1) is 4.77 Å². The minimum Gasteiger partial charge on any atom is -0.385 e. The van der Waals surface area contributed by atoms with Crippen LogP contribution < -0.4 is 5.73 Å². The van der Waals surface area contributed by atoms with E-state index in [1.165, 1.54) is 10.4 Å². The minimum absolute atomic E-state index is 0.472. The van der Waals surface area contributed by atoms with Gasteiger partial charge in [-0.2, -0.15) is 0 Å². The first kappa shape index (κ1) is 12.1. The van der Waals surface area contributed by atoms with Gasteiger partial charge in [-0.3, -0.25) is 4.90 Å². The van der Waals surface area contributed by atoms with Crippen molar-refractivity contribution in [3.05, 3.63) is 15.2 Å². The Bertz CT molecular complexity index is 656. The van der Waals surface area contributed by atoms with Crippen molar-refractivity contribution in [3.63, 3.8) is 0 Å². The van der Waals surface area contributed by atoms with Crippen molar-refractivity contribution in [1.29, 1.82) is 0 Å².